The number of hydrogen-bond donors (Lipinski definition) is 1. The smallest absolute Gasteiger partial charge is 0.335 e. The highest BCUT2D eigenvalue weighted by Gasteiger charge is 2.17. The second-order valence-corrected chi connectivity index (χ2v) is 7.30. The van der Waals surface area contributed by atoms with Gasteiger partial charge in [-0.1, -0.05) is 11.6 Å². The summed E-state index contributed by atoms with van der Waals surface area (Å²) in [6, 6.07) is 8.65. The molecule has 0 aliphatic rings. The number of benzene rings is 2. The zero-order chi connectivity index (χ0) is 21.3. The Morgan fingerprint density at radius 2 is 1.93 bits per heavy atom. The third-order valence-electron chi connectivity index (χ3n) is 4.13. The molecular formula is C20H13BrClF2NO4. The second-order valence-electron chi connectivity index (χ2n) is 6.10. The van der Waals surface area contributed by atoms with E-state index in [-0.39, 0.29) is 38.7 Å². The number of carbonyl (C=O) groups is 1. The van der Waals surface area contributed by atoms with Crippen LogP contribution in [0.25, 0.3) is 5.69 Å². The van der Waals surface area contributed by atoms with Gasteiger partial charge in [-0.15, -0.1) is 0 Å². The van der Waals surface area contributed by atoms with Crippen molar-refractivity contribution in [2.75, 3.05) is 0 Å². The number of halogens is 4. The van der Waals surface area contributed by atoms with E-state index in [2.05, 4.69) is 15.9 Å². The average molecular weight is 485 g/mol. The zero-order valence-corrected chi connectivity index (χ0v) is 17.2. The minimum Gasteiger partial charge on any atom is -0.487 e. The topological polar surface area (TPSA) is 68.5 Å². The van der Waals surface area contributed by atoms with E-state index in [1.807, 2.05) is 0 Å². The number of aromatic carboxylic acids is 1. The largest absolute Gasteiger partial charge is 0.487 e. The maximum Gasteiger partial charge on any atom is 0.335 e. The number of rotatable bonds is 5. The van der Waals surface area contributed by atoms with E-state index in [1.54, 1.807) is 6.92 Å². The molecule has 150 valence electrons. The van der Waals surface area contributed by atoms with E-state index in [0.717, 1.165) is 12.1 Å². The van der Waals surface area contributed by atoms with E-state index in [1.165, 1.54) is 34.9 Å². The van der Waals surface area contributed by atoms with Crippen LogP contribution in [0, 0.1) is 18.6 Å². The molecule has 0 atom stereocenters. The predicted octanol–water partition coefficient (Wildman–Crippen LogP) is 5.12. The summed E-state index contributed by atoms with van der Waals surface area (Å²) in [5.74, 6) is -2.47. The molecule has 0 saturated heterocycles. The second kappa shape index (κ2) is 8.34. The van der Waals surface area contributed by atoms with Crippen LogP contribution in [-0.4, -0.2) is 15.6 Å². The first-order chi connectivity index (χ1) is 13.7. The van der Waals surface area contributed by atoms with Gasteiger partial charge in [0, 0.05) is 23.4 Å². The van der Waals surface area contributed by atoms with Crippen molar-refractivity contribution in [2.24, 2.45) is 0 Å². The third kappa shape index (κ3) is 4.33. The third-order valence-corrected chi connectivity index (χ3v) is 5.18. The number of pyridine rings is 1. The highest BCUT2D eigenvalue weighted by atomic mass is 79.9. The number of aryl methyl sites for hydroxylation is 1. The van der Waals surface area contributed by atoms with Crippen LogP contribution < -0.4 is 10.3 Å². The van der Waals surface area contributed by atoms with E-state index in [9.17, 15) is 23.5 Å². The van der Waals surface area contributed by atoms with Crippen LogP contribution in [0.4, 0.5) is 8.78 Å². The molecule has 0 saturated carbocycles. The quantitative estimate of drug-likeness (QED) is 0.546. The Morgan fingerprint density at radius 1 is 1.21 bits per heavy atom. The minimum atomic E-state index is -1.16. The zero-order valence-electron chi connectivity index (χ0n) is 14.9. The normalized spacial score (nSPS) is 10.8. The van der Waals surface area contributed by atoms with Gasteiger partial charge >= 0.3 is 5.97 Å². The highest BCUT2D eigenvalue weighted by Crippen LogP contribution is 2.28. The molecular weight excluding hydrogens is 472 g/mol. The molecule has 29 heavy (non-hydrogen) atoms. The molecule has 1 heterocycles. The van der Waals surface area contributed by atoms with Gasteiger partial charge in [-0.3, -0.25) is 9.36 Å². The number of hydrogen-bond acceptors (Lipinski definition) is 3. The highest BCUT2D eigenvalue weighted by molar-refractivity contribution is 9.10. The Labute approximate surface area is 177 Å². The van der Waals surface area contributed by atoms with Gasteiger partial charge in [-0.05, 0) is 53.2 Å². The van der Waals surface area contributed by atoms with Gasteiger partial charge in [-0.25, -0.2) is 13.6 Å². The number of nitrogens with zero attached hydrogens (tertiary/aromatic N) is 1. The van der Waals surface area contributed by atoms with Crippen molar-refractivity contribution in [1.29, 1.82) is 0 Å². The van der Waals surface area contributed by atoms with Gasteiger partial charge in [-0.2, -0.15) is 0 Å². The Kier molecular flexibility index (Phi) is 6.04. The van der Waals surface area contributed by atoms with E-state index >= 15 is 0 Å². The molecule has 0 unspecified atom stereocenters. The number of carboxylic acid groups (broad SMARTS) is 1. The summed E-state index contributed by atoms with van der Waals surface area (Å²) in [5, 5.41) is 9.38. The molecule has 0 aliphatic heterocycles. The molecule has 0 radical (unpaired) electrons. The fourth-order valence-electron chi connectivity index (χ4n) is 2.70. The van der Waals surface area contributed by atoms with Gasteiger partial charge in [0.1, 0.15) is 28.5 Å². The lowest BCUT2D eigenvalue weighted by Gasteiger charge is -2.16. The van der Waals surface area contributed by atoms with Gasteiger partial charge < -0.3 is 9.84 Å². The van der Waals surface area contributed by atoms with Crippen LogP contribution in [-0.2, 0) is 6.61 Å². The lowest BCUT2D eigenvalue weighted by atomic mass is 10.2. The Bertz CT molecular complexity index is 1180. The first kappa shape index (κ1) is 21.0. The first-order valence-corrected chi connectivity index (χ1v) is 9.38. The van der Waals surface area contributed by atoms with Crippen LogP contribution >= 0.6 is 27.5 Å². The Morgan fingerprint density at radius 3 is 2.59 bits per heavy atom. The predicted molar refractivity (Wildman–Crippen MR) is 107 cm³/mol. The van der Waals surface area contributed by atoms with E-state index < -0.39 is 23.2 Å². The standard InChI is InChI=1S/C20H13BrClF2NO4/c1-10-6-17(29-9-12-2-4-13(23)8-15(12)24)18(21)19(26)25(10)16-7-11(20(27)28)3-5-14(16)22/h2-8H,9H2,1H3,(H,27,28). The fraction of sp³-hybridized carbons (Fsp3) is 0.100. The molecule has 0 aliphatic carbocycles. The molecule has 3 aromatic rings. The molecule has 1 N–H and O–H groups in total. The molecule has 9 heteroatoms. The molecule has 0 spiro atoms. The summed E-state index contributed by atoms with van der Waals surface area (Å²) in [5.41, 5.74) is 0.170. The van der Waals surface area contributed by atoms with Crippen LogP contribution in [0.1, 0.15) is 21.6 Å². The number of aromatic nitrogens is 1. The lowest BCUT2D eigenvalue weighted by molar-refractivity contribution is 0.0697. The van der Waals surface area contributed by atoms with Gasteiger partial charge in [0.25, 0.3) is 5.56 Å². The van der Waals surface area contributed by atoms with Crippen LogP contribution in [0.5, 0.6) is 5.75 Å². The van der Waals surface area contributed by atoms with Crippen molar-refractivity contribution in [3.8, 4) is 11.4 Å². The molecule has 0 bridgehead atoms. The molecule has 0 fully saturated rings. The van der Waals surface area contributed by atoms with Crippen molar-refractivity contribution in [3.05, 3.63) is 90.8 Å². The first-order valence-electron chi connectivity index (χ1n) is 8.21. The maximum absolute atomic E-state index is 13.8. The van der Waals surface area contributed by atoms with Crippen LogP contribution in [0.15, 0.2) is 51.7 Å². The lowest BCUT2D eigenvalue weighted by Crippen LogP contribution is -2.22. The van der Waals surface area contributed by atoms with Gasteiger partial charge in [0.05, 0.1) is 16.3 Å². The summed E-state index contributed by atoms with van der Waals surface area (Å²) < 4.78 is 33.6. The van der Waals surface area contributed by atoms with Crippen molar-refractivity contribution < 1.29 is 23.4 Å². The Hall–Kier alpha value is -2.71. The molecule has 0 amide bonds. The SMILES string of the molecule is Cc1cc(OCc2ccc(F)cc2F)c(Br)c(=O)n1-c1cc(C(=O)O)ccc1Cl. The molecule has 3 rings (SSSR count). The van der Waals surface area contributed by atoms with Crippen molar-refractivity contribution >= 4 is 33.5 Å². The maximum atomic E-state index is 13.8. The summed E-state index contributed by atoms with van der Waals surface area (Å²) in [6.45, 7) is 1.39. The van der Waals surface area contributed by atoms with Gasteiger partial charge in [0.2, 0.25) is 0 Å². The number of ether oxygens (including phenoxy) is 1. The van der Waals surface area contributed by atoms with Crippen LogP contribution in [0.2, 0.25) is 5.02 Å². The van der Waals surface area contributed by atoms with E-state index in [4.69, 9.17) is 16.3 Å². The Balaban J connectivity index is 2.00. The van der Waals surface area contributed by atoms with Crippen molar-refractivity contribution in [3.63, 3.8) is 0 Å². The van der Waals surface area contributed by atoms with Gasteiger partial charge in [0.15, 0.2) is 0 Å². The van der Waals surface area contributed by atoms with Crippen LogP contribution in [0.3, 0.4) is 0 Å². The summed E-state index contributed by atoms with van der Waals surface area (Å²) in [4.78, 5) is 24.1. The summed E-state index contributed by atoms with van der Waals surface area (Å²) in [7, 11) is 0. The molecule has 1 aromatic heterocycles. The van der Waals surface area contributed by atoms with Crippen molar-refractivity contribution in [1.82, 2.24) is 4.57 Å². The average Bonchev–Trinajstić information content (AvgIpc) is 2.66. The monoisotopic (exact) mass is 483 g/mol. The van der Waals surface area contributed by atoms with Crippen molar-refractivity contribution in [2.45, 2.75) is 13.5 Å². The summed E-state index contributed by atoms with van der Waals surface area (Å²) in [6.07, 6.45) is 0. The van der Waals surface area contributed by atoms with E-state index in [0.29, 0.717) is 5.69 Å². The molecule has 5 nitrogen and oxygen atoms in total. The fourth-order valence-corrected chi connectivity index (χ4v) is 3.31. The summed E-state index contributed by atoms with van der Waals surface area (Å²) >= 11 is 9.34. The minimum absolute atomic E-state index is 0.0288. The molecule has 2 aromatic carbocycles. The number of carboxylic acids is 1.